The van der Waals surface area contributed by atoms with Crippen molar-refractivity contribution in [2.45, 2.75) is 26.4 Å². The average molecular weight is 438 g/mol. The molecule has 0 aliphatic carbocycles. The smallest absolute Gasteiger partial charge is 0.252 e. The second-order valence-corrected chi connectivity index (χ2v) is 7.49. The molecule has 0 saturated carbocycles. The van der Waals surface area contributed by atoms with Gasteiger partial charge in [0.25, 0.3) is 5.91 Å². The van der Waals surface area contributed by atoms with E-state index in [1.165, 1.54) is 14.2 Å². The molecule has 1 atom stereocenters. The summed E-state index contributed by atoms with van der Waals surface area (Å²) in [7, 11) is 3.02. The maximum Gasteiger partial charge on any atom is 0.252 e. The van der Waals surface area contributed by atoms with E-state index >= 15 is 0 Å². The lowest BCUT2D eigenvalue weighted by molar-refractivity contribution is -0.124. The summed E-state index contributed by atoms with van der Waals surface area (Å²) in [6.07, 6.45) is 5.13. The van der Waals surface area contributed by atoms with Crippen molar-refractivity contribution in [3.8, 4) is 17.3 Å². The van der Waals surface area contributed by atoms with Crippen LogP contribution in [0.1, 0.15) is 29.8 Å². The molecule has 0 bridgehead atoms. The first kappa shape index (κ1) is 22.8. The van der Waals surface area contributed by atoms with Gasteiger partial charge in [-0.15, -0.1) is 0 Å². The normalized spacial score (nSPS) is 11.7. The highest BCUT2D eigenvalue weighted by Gasteiger charge is 2.25. The number of carbonyl (C=O) groups excluding carboxylic acids is 2. The Bertz CT molecular complexity index is 1040. The summed E-state index contributed by atoms with van der Waals surface area (Å²) in [4.78, 5) is 30.0. The van der Waals surface area contributed by atoms with Gasteiger partial charge in [0.2, 0.25) is 5.91 Å². The van der Waals surface area contributed by atoms with Crippen molar-refractivity contribution >= 4 is 11.8 Å². The van der Waals surface area contributed by atoms with Gasteiger partial charge in [0.05, 0.1) is 14.2 Å². The fourth-order valence-corrected chi connectivity index (χ4v) is 3.10. The number of aromatic nitrogens is 3. The largest absolute Gasteiger partial charge is 0.497 e. The first-order valence-corrected chi connectivity index (χ1v) is 10.2. The molecule has 1 aromatic carbocycles. The van der Waals surface area contributed by atoms with Gasteiger partial charge in [-0.1, -0.05) is 13.8 Å². The van der Waals surface area contributed by atoms with Gasteiger partial charge in [-0.05, 0) is 41.8 Å². The number of amides is 2. The van der Waals surface area contributed by atoms with Crippen LogP contribution >= 0.6 is 0 Å². The second kappa shape index (κ2) is 10.4. The number of carbonyl (C=O) groups is 2. The van der Waals surface area contributed by atoms with Crippen molar-refractivity contribution in [3.63, 3.8) is 0 Å². The molecule has 0 aliphatic rings. The molecule has 168 valence electrons. The third-order valence-electron chi connectivity index (χ3n) is 4.87. The van der Waals surface area contributed by atoms with E-state index in [0.29, 0.717) is 29.4 Å². The van der Waals surface area contributed by atoms with Gasteiger partial charge in [-0.3, -0.25) is 9.59 Å². The zero-order valence-corrected chi connectivity index (χ0v) is 18.5. The average Bonchev–Trinajstić information content (AvgIpc) is 3.35. The first-order valence-electron chi connectivity index (χ1n) is 10.2. The molecular formula is C23H27N5O4. The van der Waals surface area contributed by atoms with Crippen LogP contribution in [0.5, 0.6) is 11.5 Å². The number of hydrogen-bond donors (Lipinski definition) is 2. The van der Waals surface area contributed by atoms with Gasteiger partial charge >= 0.3 is 0 Å². The van der Waals surface area contributed by atoms with Crippen LogP contribution in [0.25, 0.3) is 5.82 Å². The van der Waals surface area contributed by atoms with Gasteiger partial charge in [-0.2, -0.15) is 5.10 Å². The van der Waals surface area contributed by atoms with Crippen molar-refractivity contribution in [2.75, 3.05) is 14.2 Å². The Morgan fingerprint density at radius 2 is 1.78 bits per heavy atom. The standard InChI is InChI=1S/C23H27N5O4/c1-15(2)21(27-22(29)17-11-18(31-3)13-19(12-17)32-4)23(30)25-14-16-6-8-24-20(10-16)28-9-5-7-26-28/h5-13,15,21H,14H2,1-4H3,(H,25,30)(H,27,29). The van der Waals surface area contributed by atoms with Crippen LogP contribution in [-0.2, 0) is 11.3 Å². The van der Waals surface area contributed by atoms with Crippen LogP contribution in [0.3, 0.4) is 0 Å². The molecule has 0 spiro atoms. The number of benzene rings is 1. The number of pyridine rings is 1. The van der Waals surface area contributed by atoms with Crippen LogP contribution in [-0.4, -0.2) is 46.8 Å². The molecule has 2 amide bonds. The molecule has 2 heterocycles. The molecule has 0 aliphatic heterocycles. The van der Waals surface area contributed by atoms with Crippen LogP contribution in [0.4, 0.5) is 0 Å². The number of nitrogens with zero attached hydrogens (tertiary/aromatic N) is 3. The van der Waals surface area contributed by atoms with E-state index in [-0.39, 0.29) is 17.7 Å². The van der Waals surface area contributed by atoms with Crippen molar-refractivity contribution in [1.29, 1.82) is 0 Å². The zero-order chi connectivity index (χ0) is 23.1. The first-order chi connectivity index (χ1) is 15.4. The lowest BCUT2D eigenvalue weighted by Crippen LogP contribution is -2.49. The van der Waals surface area contributed by atoms with E-state index in [9.17, 15) is 9.59 Å². The molecule has 0 saturated heterocycles. The van der Waals surface area contributed by atoms with Crippen LogP contribution in [0, 0.1) is 5.92 Å². The summed E-state index contributed by atoms with van der Waals surface area (Å²) in [5.74, 6) is 0.851. The number of rotatable bonds is 9. The maximum atomic E-state index is 12.9. The number of methoxy groups -OCH3 is 2. The Balaban J connectivity index is 1.67. The van der Waals surface area contributed by atoms with Crippen LogP contribution in [0.2, 0.25) is 0 Å². The molecule has 1 unspecified atom stereocenters. The highest BCUT2D eigenvalue weighted by molar-refractivity contribution is 5.98. The van der Waals surface area contributed by atoms with Crippen molar-refractivity contribution in [1.82, 2.24) is 25.4 Å². The summed E-state index contributed by atoms with van der Waals surface area (Å²) in [6, 6.07) is 9.63. The van der Waals surface area contributed by atoms with E-state index in [4.69, 9.17) is 9.47 Å². The Morgan fingerprint density at radius 1 is 1.06 bits per heavy atom. The minimum absolute atomic E-state index is 0.122. The highest BCUT2D eigenvalue weighted by atomic mass is 16.5. The Kier molecular flexibility index (Phi) is 7.43. The lowest BCUT2D eigenvalue weighted by Gasteiger charge is -2.22. The van der Waals surface area contributed by atoms with Crippen molar-refractivity contribution < 1.29 is 19.1 Å². The molecule has 2 N–H and O–H groups in total. The predicted molar refractivity (Wildman–Crippen MR) is 119 cm³/mol. The van der Waals surface area contributed by atoms with E-state index in [1.54, 1.807) is 41.5 Å². The quantitative estimate of drug-likeness (QED) is 0.532. The van der Waals surface area contributed by atoms with Gasteiger partial charge in [-0.25, -0.2) is 9.67 Å². The summed E-state index contributed by atoms with van der Waals surface area (Å²) >= 11 is 0. The topological polar surface area (TPSA) is 107 Å². The lowest BCUT2D eigenvalue weighted by atomic mass is 10.0. The second-order valence-electron chi connectivity index (χ2n) is 7.49. The van der Waals surface area contributed by atoms with Crippen LogP contribution < -0.4 is 20.1 Å². The number of ether oxygens (including phenoxy) is 2. The van der Waals surface area contributed by atoms with E-state index in [0.717, 1.165) is 5.56 Å². The monoisotopic (exact) mass is 437 g/mol. The Labute approximate surface area is 186 Å². The van der Waals surface area contributed by atoms with Gasteiger partial charge in [0.15, 0.2) is 5.82 Å². The van der Waals surface area contributed by atoms with Gasteiger partial charge in [0.1, 0.15) is 17.5 Å². The molecule has 3 rings (SSSR count). The fraction of sp³-hybridized carbons (Fsp3) is 0.304. The minimum Gasteiger partial charge on any atom is -0.497 e. The van der Waals surface area contributed by atoms with E-state index in [2.05, 4.69) is 20.7 Å². The molecule has 3 aromatic rings. The Hall–Kier alpha value is -3.88. The zero-order valence-electron chi connectivity index (χ0n) is 18.5. The third-order valence-corrected chi connectivity index (χ3v) is 4.87. The molecule has 9 nitrogen and oxygen atoms in total. The highest BCUT2D eigenvalue weighted by Crippen LogP contribution is 2.22. The molecule has 32 heavy (non-hydrogen) atoms. The molecule has 9 heteroatoms. The van der Waals surface area contributed by atoms with Gasteiger partial charge in [0, 0.05) is 36.8 Å². The number of nitrogens with one attached hydrogen (secondary N) is 2. The summed E-state index contributed by atoms with van der Waals surface area (Å²) in [5, 5.41) is 9.87. The Morgan fingerprint density at radius 3 is 2.38 bits per heavy atom. The van der Waals surface area contributed by atoms with Gasteiger partial charge < -0.3 is 20.1 Å². The van der Waals surface area contributed by atoms with E-state index in [1.807, 2.05) is 32.0 Å². The molecule has 0 fully saturated rings. The van der Waals surface area contributed by atoms with E-state index < -0.39 is 6.04 Å². The third kappa shape index (κ3) is 5.63. The fourth-order valence-electron chi connectivity index (χ4n) is 3.10. The number of hydrogen-bond acceptors (Lipinski definition) is 6. The van der Waals surface area contributed by atoms with Crippen LogP contribution in [0.15, 0.2) is 55.0 Å². The van der Waals surface area contributed by atoms with Crippen molar-refractivity contribution in [3.05, 3.63) is 66.1 Å². The SMILES string of the molecule is COc1cc(OC)cc(C(=O)NC(C(=O)NCc2ccnc(-n3cccn3)c2)C(C)C)c1. The summed E-state index contributed by atoms with van der Waals surface area (Å²) in [5.41, 5.74) is 1.21. The molecule has 2 aromatic heterocycles. The molecular weight excluding hydrogens is 410 g/mol. The maximum absolute atomic E-state index is 12.9. The van der Waals surface area contributed by atoms with Crippen molar-refractivity contribution in [2.24, 2.45) is 5.92 Å². The minimum atomic E-state index is -0.716. The summed E-state index contributed by atoms with van der Waals surface area (Å²) in [6.45, 7) is 4.04. The predicted octanol–water partition coefficient (Wildman–Crippen LogP) is 2.36. The summed E-state index contributed by atoms with van der Waals surface area (Å²) < 4.78 is 12.1. The molecule has 0 radical (unpaired) electrons.